The van der Waals surface area contributed by atoms with Crippen molar-refractivity contribution in [2.24, 2.45) is 5.92 Å². The molecule has 2 aromatic carbocycles. The summed E-state index contributed by atoms with van der Waals surface area (Å²) in [6.45, 7) is 6.08. The Hall–Kier alpha value is -3.33. The van der Waals surface area contributed by atoms with Crippen molar-refractivity contribution in [3.05, 3.63) is 59.7 Å². The van der Waals surface area contributed by atoms with Gasteiger partial charge in [-0.3, -0.25) is 9.59 Å². The number of nitrogens with one attached hydrogen (secondary N) is 2. The van der Waals surface area contributed by atoms with E-state index in [0.29, 0.717) is 18.7 Å². The number of hydrogen-bond acceptors (Lipinski definition) is 6. The summed E-state index contributed by atoms with van der Waals surface area (Å²) in [7, 11) is -2.62. The Labute approximate surface area is 188 Å². The molecule has 0 saturated heterocycles. The van der Waals surface area contributed by atoms with Crippen LogP contribution in [0.2, 0.25) is 0 Å². The highest BCUT2D eigenvalue weighted by atomic mass is 32.2. The van der Waals surface area contributed by atoms with E-state index in [1.54, 1.807) is 44.2 Å². The predicted molar refractivity (Wildman–Crippen MR) is 122 cm³/mol. The normalized spacial score (nSPS) is 11.4. The summed E-state index contributed by atoms with van der Waals surface area (Å²) in [6.07, 6.45) is 2.89. The lowest BCUT2D eigenvalue weighted by Gasteiger charge is -2.11. The van der Waals surface area contributed by atoms with E-state index in [-0.39, 0.29) is 34.1 Å². The van der Waals surface area contributed by atoms with Crippen molar-refractivity contribution in [1.29, 1.82) is 0 Å². The van der Waals surface area contributed by atoms with Gasteiger partial charge in [-0.1, -0.05) is 37.6 Å². The van der Waals surface area contributed by atoms with Gasteiger partial charge in [0, 0.05) is 25.1 Å². The van der Waals surface area contributed by atoms with Gasteiger partial charge in [-0.2, -0.15) is 8.42 Å². The van der Waals surface area contributed by atoms with Crippen LogP contribution in [0.5, 0.6) is 11.5 Å². The number of ether oxygens (including phenoxy) is 1. The van der Waals surface area contributed by atoms with Gasteiger partial charge in [-0.05, 0) is 42.8 Å². The molecule has 0 aliphatic rings. The number of rotatable bonds is 10. The van der Waals surface area contributed by atoms with Gasteiger partial charge >= 0.3 is 10.1 Å². The molecule has 9 heteroatoms. The van der Waals surface area contributed by atoms with E-state index in [4.69, 9.17) is 8.92 Å². The molecule has 2 N–H and O–H groups in total. The maximum Gasteiger partial charge on any atom is 0.339 e. The minimum absolute atomic E-state index is 0.0374. The van der Waals surface area contributed by atoms with E-state index in [0.717, 1.165) is 5.56 Å². The summed E-state index contributed by atoms with van der Waals surface area (Å²) in [5.41, 5.74) is 1.55. The number of carbonyl (C=O) groups excluding carboxylic acids is 2. The maximum absolute atomic E-state index is 12.5. The molecule has 2 amide bonds. The third kappa shape index (κ3) is 7.42. The fraction of sp³-hybridized carbons (Fsp3) is 0.304. The lowest BCUT2D eigenvalue weighted by atomic mass is 10.2. The molecule has 0 heterocycles. The molecule has 32 heavy (non-hydrogen) atoms. The number of aryl methyl sites for hydroxylation is 1. The lowest BCUT2D eigenvalue weighted by Crippen LogP contribution is -2.35. The summed E-state index contributed by atoms with van der Waals surface area (Å²) in [5, 5.41) is 5.37. The Morgan fingerprint density at radius 3 is 2.28 bits per heavy atom. The SMILES string of the molecule is COc1cc(C=CC(=O)NCCNC(=O)C(C)C)ccc1OS(=O)(=O)c1ccc(C)cc1. The molecule has 2 rings (SSSR count). The standard InChI is InChI=1S/C23H28N2O6S/c1-16(2)23(27)25-14-13-24-22(26)12-8-18-7-11-20(21(15-18)30-4)31-32(28,29)19-9-5-17(3)6-10-19/h5-12,15-16H,13-14H2,1-4H3,(H,24,26)(H,25,27). The van der Waals surface area contributed by atoms with Gasteiger partial charge in [0.15, 0.2) is 11.5 Å². The second kappa shape index (κ2) is 11.3. The van der Waals surface area contributed by atoms with Crippen molar-refractivity contribution in [3.63, 3.8) is 0 Å². The molecule has 0 aromatic heterocycles. The van der Waals surface area contributed by atoms with Gasteiger partial charge in [0.2, 0.25) is 11.8 Å². The molecule has 172 valence electrons. The van der Waals surface area contributed by atoms with Crippen LogP contribution in [0, 0.1) is 12.8 Å². The zero-order valence-corrected chi connectivity index (χ0v) is 19.4. The Kier molecular flexibility index (Phi) is 8.83. The van der Waals surface area contributed by atoms with E-state index >= 15 is 0 Å². The molecule has 0 saturated carbocycles. The zero-order chi connectivity index (χ0) is 23.7. The van der Waals surface area contributed by atoms with Crippen molar-refractivity contribution >= 4 is 28.0 Å². The highest BCUT2D eigenvalue weighted by Crippen LogP contribution is 2.31. The van der Waals surface area contributed by atoms with Crippen LogP contribution in [0.15, 0.2) is 53.4 Å². The molecule has 0 unspecified atom stereocenters. The van der Waals surface area contributed by atoms with Crippen LogP contribution in [0.4, 0.5) is 0 Å². The Morgan fingerprint density at radius 1 is 1.00 bits per heavy atom. The van der Waals surface area contributed by atoms with Crippen molar-refractivity contribution in [3.8, 4) is 11.5 Å². The molecule has 0 aliphatic carbocycles. The van der Waals surface area contributed by atoms with Gasteiger partial charge in [0.25, 0.3) is 0 Å². The van der Waals surface area contributed by atoms with Crippen molar-refractivity contribution in [2.45, 2.75) is 25.7 Å². The van der Waals surface area contributed by atoms with E-state index < -0.39 is 10.1 Å². The molecule has 0 atom stereocenters. The topological polar surface area (TPSA) is 111 Å². The number of amides is 2. The van der Waals surface area contributed by atoms with Gasteiger partial charge < -0.3 is 19.6 Å². The second-order valence-electron chi connectivity index (χ2n) is 7.33. The Balaban J connectivity index is 2.00. The number of benzene rings is 2. The van der Waals surface area contributed by atoms with Crippen LogP contribution in [0.25, 0.3) is 6.08 Å². The Morgan fingerprint density at radius 2 is 1.66 bits per heavy atom. The fourth-order valence-electron chi connectivity index (χ4n) is 2.53. The first-order valence-electron chi connectivity index (χ1n) is 10.0. The molecule has 0 bridgehead atoms. The van der Waals surface area contributed by atoms with Crippen molar-refractivity contribution in [2.75, 3.05) is 20.2 Å². The summed E-state index contributed by atoms with van der Waals surface area (Å²) in [4.78, 5) is 23.4. The summed E-state index contributed by atoms with van der Waals surface area (Å²) in [6, 6.07) is 10.9. The van der Waals surface area contributed by atoms with Crippen LogP contribution >= 0.6 is 0 Å². The van der Waals surface area contributed by atoms with Crippen LogP contribution < -0.4 is 19.6 Å². The molecule has 0 aliphatic heterocycles. The van der Waals surface area contributed by atoms with Gasteiger partial charge in [-0.15, -0.1) is 0 Å². The van der Waals surface area contributed by atoms with Crippen molar-refractivity contribution in [1.82, 2.24) is 10.6 Å². The average molecular weight is 461 g/mol. The molecule has 0 fully saturated rings. The zero-order valence-electron chi connectivity index (χ0n) is 18.5. The minimum atomic E-state index is -4.02. The average Bonchev–Trinajstić information content (AvgIpc) is 2.75. The second-order valence-corrected chi connectivity index (χ2v) is 8.88. The summed E-state index contributed by atoms with van der Waals surface area (Å²) in [5.74, 6) is -0.270. The first-order valence-corrected chi connectivity index (χ1v) is 11.5. The van der Waals surface area contributed by atoms with Gasteiger partial charge in [0.1, 0.15) is 4.90 Å². The van der Waals surface area contributed by atoms with E-state index in [2.05, 4.69) is 10.6 Å². The number of carbonyl (C=O) groups is 2. The summed E-state index contributed by atoms with van der Waals surface area (Å²) < 4.78 is 35.5. The molecule has 0 spiro atoms. The van der Waals surface area contributed by atoms with E-state index in [1.165, 1.54) is 31.4 Å². The van der Waals surface area contributed by atoms with Gasteiger partial charge in [0.05, 0.1) is 7.11 Å². The van der Waals surface area contributed by atoms with Crippen LogP contribution in [0.1, 0.15) is 25.0 Å². The van der Waals surface area contributed by atoms with Crippen LogP contribution in [-0.4, -0.2) is 40.4 Å². The monoisotopic (exact) mass is 460 g/mol. The molecular formula is C23H28N2O6S. The molecular weight excluding hydrogens is 432 g/mol. The third-order valence-corrected chi connectivity index (χ3v) is 5.62. The molecule has 8 nitrogen and oxygen atoms in total. The summed E-state index contributed by atoms with van der Waals surface area (Å²) >= 11 is 0. The van der Waals surface area contributed by atoms with Crippen LogP contribution in [0.3, 0.4) is 0 Å². The van der Waals surface area contributed by atoms with Gasteiger partial charge in [-0.25, -0.2) is 0 Å². The Bertz CT molecular complexity index is 1080. The first-order chi connectivity index (χ1) is 15.1. The highest BCUT2D eigenvalue weighted by Gasteiger charge is 2.19. The van der Waals surface area contributed by atoms with E-state index in [1.807, 2.05) is 6.92 Å². The largest absolute Gasteiger partial charge is 0.493 e. The highest BCUT2D eigenvalue weighted by molar-refractivity contribution is 7.87. The lowest BCUT2D eigenvalue weighted by molar-refractivity contribution is -0.124. The van der Waals surface area contributed by atoms with E-state index in [9.17, 15) is 18.0 Å². The molecule has 2 aromatic rings. The molecule has 0 radical (unpaired) electrons. The number of methoxy groups -OCH3 is 1. The first kappa shape index (κ1) is 24.9. The third-order valence-electron chi connectivity index (χ3n) is 4.37. The smallest absolute Gasteiger partial charge is 0.339 e. The minimum Gasteiger partial charge on any atom is -0.493 e. The van der Waals surface area contributed by atoms with Crippen LogP contribution in [-0.2, 0) is 19.7 Å². The maximum atomic E-state index is 12.5. The fourth-order valence-corrected chi connectivity index (χ4v) is 3.47. The van der Waals surface area contributed by atoms with Crippen molar-refractivity contribution < 1.29 is 26.9 Å². The quantitative estimate of drug-likeness (QED) is 0.320. The predicted octanol–water partition coefficient (Wildman–Crippen LogP) is 2.67. The number of hydrogen-bond donors (Lipinski definition) is 2.